The number of hydrogen-bond acceptors (Lipinski definition) is 8. The van der Waals surface area contributed by atoms with Crippen molar-refractivity contribution in [3.8, 4) is 11.1 Å². The molecule has 5 unspecified atom stereocenters. The SMILES string of the molecule is O=C(NCCC(c1ccccc1)c1ccc(-c2cccc(C3=NC(c4cccc(Cl)c4)C(C(=O)NC/C=C/C4=CC=CCC4)C(COCCC4CCCCC4)N3)c2)cc1)C1=C(COCCC2CCCCC2)NC(c2ccccc2)=NC1c1cccc(Cl)c1. The highest BCUT2D eigenvalue weighted by molar-refractivity contribution is 6.31. The number of rotatable bonds is 25. The van der Waals surface area contributed by atoms with E-state index in [9.17, 15) is 9.59 Å². The third-order valence-corrected chi connectivity index (χ3v) is 18.7. The summed E-state index contributed by atoms with van der Waals surface area (Å²) in [5.41, 5.74) is 10.4. The van der Waals surface area contributed by atoms with Crippen molar-refractivity contribution in [2.45, 2.75) is 120 Å². The molecule has 0 bridgehead atoms. The van der Waals surface area contributed by atoms with Crippen molar-refractivity contribution in [3.05, 3.63) is 248 Å². The zero-order valence-electron chi connectivity index (χ0n) is 50.6. The van der Waals surface area contributed by atoms with Crippen molar-refractivity contribution >= 4 is 46.7 Å². The largest absolute Gasteiger partial charge is 0.379 e. The van der Waals surface area contributed by atoms with Gasteiger partial charge in [0.05, 0.1) is 42.5 Å². The number of carbonyl (C=O) groups is 2. The van der Waals surface area contributed by atoms with Gasteiger partial charge in [0, 0.05) is 53.4 Å². The topological polar surface area (TPSA) is 125 Å². The molecule has 2 amide bonds. The predicted molar refractivity (Wildman–Crippen MR) is 359 cm³/mol. The zero-order chi connectivity index (χ0) is 60.3. The Kier molecular flexibility index (Phi) is 22.4. The normalized spacial score (nSPS) is 20.3. The first-order valence-corrected chi connectivity index (χ1v) is 33.0. The van der Waals surface area contributed by atoms with E-state index < -0.39 is 18.0 Å². The molecule has 5 atom stereocenters. The summed E-state index contributed by atoms with van der Waals surface area (Å²) in [5.74, 6) is 1.87. The molecule has 5 aliphatic rings. The Morgan fingerprint density at radius 2 is 1.28 bits per heavy atom. The lowest BCUT2D eigenvalue weighted by Crippen LogP contribution is -2.54. The minimum absolute atomic E-state index is 0.0201. The average Bonchev–Trinajstić information content (AvgIpc) is 2.51. The fraction of sp³-hybridized carbons (Fsp3) is 0.368. The van der Waals surface area contributed by atoms with Crippen LogP contribution in [0.4, 0.5) is 0 Å². The highest BCUT2D eigenvalue weighted by Gasteiger charge is 2.41. The van der Waals surface area contributed by atoms with Gasteiger partial charge in [-0.2, -0.15) is 0 Å². The summed E-state index contributed by atoms with van der Waals surface area (Å²) in [6, 6.07) is 51.7. The minimum Gasteiger partial charge on any atom is -0.379 e. The molecular weight excluding hydrogens is 1130 g/mol. The Labute approximate surface area is 531 Å². The summed E-state index contributed by atoms with van der Waals surface area (Å²) in [7, 11) is 0. The van der Waals surface area contributed by atoms with Gasteiger partial charge in [0.25, 0.3) is 5.91 Å². The Balaban J connectivity index is 0.829. The Morgan fingerprint density at radius 1 is 0.636 bits per heavy atom. The van der Waals surface area contributed by atoms with E-state index in [0.717, 1.165) is 70.2 Å². The standard InChI is InChI=1S/C76H84Cl2N6O4/c77-64-35-17-32-61(49-64)71-70(67(51-87-46-42-54-22-8-2-9-23-54)81-73(83-71)59-29-14-5-15-30-59)76(86)80-45-41-66(57-27-12-4-13-28-57)58-39-37-56(38-40-58)60-31-16-34-63(48-60)74-82-68(52-88-47-43-55-24-10-3-11-25-55)69(72(84-74)62-33-18-36-65(78)50-62)75(85)79-44-19-26-53-20-6-1-7-21-53/h1,4-6,12-20,26-40,48-50,54-55,66,68-69,71-72H,2-3,7-11,21-25,41-47,51-52H2,(H,79,85)(H,80,86)(H,81,83)(H,82,84)/b26-19+. The number of ether oxygens (including phenoxy) is 2. The fourth-order valence-corrected chi connectivity index (χ4v) is 13.9. The van der Waals surface area contributed by atoms with Gasteiger partial charge in [-0.15, -0.1) is 0 Å². The molecule has 4 N–H and O–H groups in total. The lowest BCUT2D eigenvalue weighted by molar-refractivity contribution is -0.127. The number of nitrogens with one attached hydrogen (secondary N) is 4. The summed E-state index contributed by atoms with van der Waals surface area (Å²) in [6.07, 6.45) is 28.0. The van der Waals surface area contributed by atoms with Crippen LogP contribution < -0.4 is 21.3 Å². The molecule has 12 heteroatoms. The molecule has 10 nitrogen and oxygen atoms in total. The maximum absolute atomic E-state index is 15.0. The number of aliphatic imine (C=N–C) groups is 2. The smallest absolute Gasteiger partial charge is 0.251 e. The fourth-order valence-electron chi connectivity index (χ4n) is 13.5. The number of hydrogen-bond donors (Lipinski definition) is 4. The number of amidine groups is 2. The number of amides is 2. The summed E-state index contributed by atoms with van der Waals surface area (Å²) in [5, 5.41) is 15.1. The lowest BCUT2D eigenvalue weighted by atomic mass is 9.84. The van der Waals surface area contributed by atoms with Crippen molar-refractivity contribution in [2.24, 2.45) is 27.7 Å². The second-order valence-electron chi connectivity index (χ2n) is 24.4. The van der Waals surface area contributed by atoms with Crippen molar-refractivity contribution in [1.29, 1.82) is 0 Å². The van der Waals surface area contributed by atoms with Crippen LogP contribution in [0.15, 0.2) is 215 Å². The number of halogens is 2. The molecule has 0 aromatic heterocycles. The molecule has 3 aliphatic carbocycles. The molecule has 11 rings (SSSR count). The number of allylic oxidation sites excluding steroid dienone is 5. The molecule has 6 aromatic carbocycles. The van der Waals surface area contributed by atoms with Crippen LogP contribution in [0.25, 0.3) is 11.1 Å². The van der Waals surface area contributed by atoms with Crippen LogP contribution in [0.2, 0.25) is 10.0 Å². The van der Waals surface area contributed by atoms with Gasteiger partial charge in [0.15, 0.2) is 0 Å². The number of nitrogens with zero attached hydrogens (tertiary/aromatic N) is 2. The van der Waals surface area contributed by atoms with Gasteiger partial charge in [0.2, 0.25) is 5.91 Å². The summed E-state index contributed by atoms with van der Waals surface area (Å²) >= 11 is 13.4. The third kappa shape index (κ3) is 16.9. The Bertz CT molecular complexity index is 3470. The van der Waals surface area contributed by atoms with Gasteiger partial charge in [0.1, 0.15) is 17.7 Å². The molecule has 2 aliphatic heterocycles. The summed E-state index contributed by atoms with van der Waals surface area (Å²) in [6.45, 7) is 2.68. The quantitative estimate of drug-likeness (QED) is 0.0423. The molecule has 2 fully saturated rings. The van der Waals surface area contributed by atoms with E-state index >= 15 is 0 Å². The van der Waals surface area contributed by atoms with Crippen LogP contribution in [-0.2, 0) is 19.1 Å². The predicted octanol–water partition coefficient (Wildman–Crippen LogP) is 16.3. The van der Waals surface area contributed by atoms with E-state index in [1.807, 2.05) is 91.0 Å². The first-order chi connectivity index (χ1) is 43.3. The van der Waals surface area contributed by atoms with E-state index in [1.165, 1.54) is 69.8 Å². The summed E-state index contributed by atoms with van der Waals surface area (Å²) in [4.78, 5) is 40.2. The molecule has 0 spiro atoms. The first kappa shape index (κ1) is 62.3. The molecule has 456 valence electrons. The molecule has 2 heterocycles. The lowest BCUT2D eigenvalue weighted by Gasteiger charge is -2.37. The van der Waals surface area contributed by atoms with Crippen molar-refractivity contribution < 1.29 is 19.1 Å². The molecule has 0 saturated heterocycles. The van der Waals surface area contributed by atoms with Gasteiger partial charge in [-0.1, -0.05) is 245 Å². The van der Waals surface area contributed by atoms with Crippen LogP contribution in [0.1, 0.15) is 148 Å². The highest BCUT2D eigenvalue weighted by atomic mass is 35.5. The van der Waals surface area contributed by atoms with Gasteiger partial charge in [-0.25, -0.2) is 0 Å². The number of benzene rings is 6. The van der Waals surface area contributed by atoms with E-state index in [1.54, 1.807) is 0 Å². The molecule has 2 saturated carbocycles. The van der Waals surface area contributed by atoms with E-state index in [-0.39, 0.29) is 30.4 Å². The van der Waals surface area contributed by atoms with Crippen LogP contribution >= 0.6 is 23.2 Å². The van der Waals surface area contributed by atoms with E-state index in [2.05, 4.69) is 118 Å². The highest BCUT2D eigenvalue weighted by Crippen LogP contribution is 2.38. The van der Waals surface area contributed by atoms with Gasteiger partial charge in [-0.05, 0) is 113 Å². The van der Waals surface area contributed by atoms with Gasteiger partial charge >= 0.3 is 0 Å². The second-order valence-corrected chi connectivity index (χ2v) is 25.2. The average molecular weight is 1220 g/mol. The number of carbonyl (C=O) groups excluding carboxylic acids is 2. The van der Waals surface area contributed by atoms with Crippen LogP contribution in [0, 0.1) is 17.8 Å². The van der Waals surface area contributed by atoms with Crippen LogP contribution in [0.3, 0.4) is 0 Å². The first-order valence-electron chi connectivity index (χ1n) is 32.3. The van der Waals surface area contributed by atoms with Crippen molar-refractivity contribution in [1.82, 2.24) is 21.3 Å². The zero-order valence-corrected chi connectivity index (χ0v) is 52.1. The Morgan fingerprint density at radius 3 is 1.99 bits per heavy atom. The van der Waals surface area contributed by atoms with E-state index in [4.69, 9.17) is 42.7 Å². The molecule has 0 radical (unpaired) electrons. The Hall–Kier alpha value is -7.34. The van der Waals surface area contributed by atoms with Gasteiger partial charge < -0.3 is 30.7 Å². The van der Waals surface area contributed by atoms with Crippen molar-refractivity contribution in [2.75, 3.05) is 39.5 Å². The van der Waals surface area contributed by atoms with Crippen molar-refractivity contribution in [3.63, 3.8) is 0 Å². The van der Waals surface area contributed by atoms with Gasteiger partial charge in [-0.3, -0.25) is 19.6 Å². The monoisotopic (exact) mass is 1210 g/mol. The minimum atomic E-state index is -0.618. The molecular formula is C76H84Cl2N6O4. The van der Waals surface area contributed by atoms with Crippen LogP contribution in [0.5, 0.6) is 0 Å². The van der Waals surface area contributed by atoms with E-state index in [0.29, 0.717) is 84.2 Å². The molecule has 88 heavy (non-hydrogen) atoms. The maximum atomic E-state index is 15.0. The molecule has 6 aromatic rings. The third-order valence-electron chi connectivity index (χ3n) is 18.2. The summed E-state index contributed by atoms with van der Waals surface area (Å²) < 4.78 is 13.0. The maximum Gasteiger partial charge on any atom is 0.251 e. The van der Waals surface area contributed by atoms with Crippen LogP contribution in [-0.4, -0.2) is 69.0 Å². The second kappa shape index (κ2) is 31.7.